The number of carbonyl (C=O) groups excluding carboxylic acids is 2. The molecule has 0 saturated carbocycles. The number of anilines is 1. The Hall–Kier alpha value is -2.30. The zero-order valence-electron chi connectivity index (χ0n) is 19.4. The maximum Gasteiger partial charge on any atom is 0.266 e. The second-order valence-corrected chi connectivity index (χ2v) is 10.5. The number of benzene rings is 2. The molecule has 2 saturated heterocycles. The van der Waals surface area contributed by atoms with Crippen LogP contribution in [-0.2, 0) is 14.3 Å². The van der Waals surface area contributed by atoms with Gasteiger partial charge in [0.25, 0.3) is 11.8 Å². The Bertz CT molecular complexity index is 1200. The van der Waals surface area contributed by atoms with E-state index in [1.54, 1.807) is 47.4 Å². The van der Waals surface area contributed by atoms with Crippen molar-refractivity contribution in [1.82, 2.24) is 4.90 Å². The average Bonchev–Trinajstić information content (AvgIpc) is 3.45. The van der Waals surface area contributed by atoms with E-state index in [4.69, 9.17) is 49.6 Å². The van der Waals surface area contributed by atoms with Crippen LogP contribution in [0.15, 0.2) is 41.3 Å². The van der Waals surface area contributed by atoms with Gasteiger partial charge in [0.05, 0.1) is 34.2 Å². The molecule has 0 spiro atoms. The minimum Gasteiger partial charge on any atom is -0.490 e. The molecule has 0 aromatic heterocycles. The Morgan fingerprint density at radius 3 is 2.78 bits per heavy atom. The molecule has 2 heterocycles. The lowest BCUT2D eigenvalue weighted by atomic mass is 10.1. The third kappa shape index (κ3) is 6.72. The van der Waals surface area contributed by atoms with Crippen LogP contribution in [0.5, 0.6) is 11.5 Å². The van der Waals surface area contributed by atoms with E-state index in [0.29, 0.717) is 49.6 Å². The average molecular weight is 568 g/mol. The molecule has 2 aromatic carbocycles. The van der Waals surface area contributed by atoms with Crippen LogP contribution >= 0.6 is 47.2 Å². The summed E-state index contributed by atoms with van der Waals surface area (Å²) in [6, 6.07) is 10.1. The molecule has 36 heavy (non-hydrogen) atoms. The molecule has 0 aliphatic carbocycles. The van der Waals surface area contributed by atoms with E-state index in [1.165, 1.54) is 11.8 Å². The second kappa shape index (κ2) is 12.3. The number of nitrogens with one attached hydrogen (secondary N) is 1. The smallest absolute Gasteiger partial charge is 0.266 e. The van der Waals surface area contributed by atoms with Gasteiger partial charge in [-0.05, 0) is 61.7 Å². The molecule has 1 N–H and O–H groups in total. The zero-order valence-corrected chi connectivity index (χ0v) is 22.6. The van der Waals surface area contributed by atoms with Crippen LogP contribution in [-0.4, -0.2) is 53.5 Å². The van der Waals surface area contributed by atoms with Crippen molar-refractivity contribution in [2.45, 2.75) is 25.9 Å². The number of carbonyl (C=O) groups is 2. The van der Waals surface area contributed by atoms with Crippen molar-refractivity contribution in [3.05, 3.63) is 56.9 Å². The molecule has 2 fully saturated rings. The Balaban J connectivity index is 1.41. The largest absolute Gasteiger partial charge is 0.490 e. The summed E-state index contributed by atoms with van der Waals surface area (Å²) in [6.45, 7) is 3.22. The van der Waals surface area contributed by atoms with Crippen molar-refractivity contribution in [2.75, 3.05) is 31.7 Å². The number of amides is 2. The van der Waals surface area contributed by atoms with Crippen LogP contribution in [0, 0.1) is 0 Å². The molecule has 0 radical (unpaired) electrons. The van der Waals surface area contributed by atoms with E-state index in [-0.39, 0.29) is 24.5 Å². The van der Waals surface area contributed by atoms with E-state index in [0.717, 1.165) is 25.0 Å². The summed E-state index contributed by atoms with van der Waals surface area (Å²) in [4.78, 5) is 27.4. The SMILES string of the molecule is CCOc1cc(/C=C2\SC(=S)N(C[C@@H]3CCCO3)C2=O)ccc1OCC(=O)Nc1ccc(Cl)c(Cl)c1. The van der Waals surface area contributed by atoms with Crippen LogP contribution < -0.4 is 14.8 Å². The van der Waals surface area contributed by atoms with Crippen molar-refractivity contribution < 1.29 is 23.8 Å². The van der Waals surface area contributed by atoms with Crippen molar-refractivity contribution >= 4 is 75.1 Å². The molecular weight excluding hydrogens is 543 g/mol. The predicted octanol–water partition coefficient (Wildman–Crippen LogP) is 5.79. The van der Waals surface area contributed by atoms with Gasteiger partial charge in [0.1, 0.15) is 4.32 Å². The highest BCUT2D eigenvalue weighted by Gasteiger charge is 2.34. The maximum atomic E-state index is 12.9. The lowest BCUT2D eigenvalue weighted by Gasteiger charge is -2.18. The Kier molecular flexibility index (Phi) is 9.14. The van der Waals surface area contributed by atoms with Crippen molar-refractivity contribution in [1.29, 1.82) is 0 Å². The third-order valence-corrected chi connectivity index (χ3v) is 7.53. The zero-order chi connectivity index (χ0) is 25.7. The lowest BCUT2D eigenvalue weighted by molar-refractivity contribution is -0.123. The number of ether oxygens (including phenoxy) is 3. The Morgan fingerprint density at radius 2 is 2.06 bits per heavy atom. The minimum atomic E-state index is -0.366. The second-order valence-electron chi connectivity index (χ2n) is 8.03. The third-order valence-electron chi connectivity index (χ3n) is 5.41. The molecule has 2 amide bonds. The number of nitrogens with zero attached hydrogens (tertiary/aromatic N) is 1. The van der Waals surface area contributed by atoms with E-state index in [2.05, 4.69) is 5.32 Å². The normalized spacial score (nSPS) is 18.7. The van der Waals surface area contributed by atoms with Gasteiger partial charge in [-0.1, -0.05) is 53.2 Å². The summed E-state index contributed by atoms with van der Waals surface area (Å²) in [5.41, 5.74) is 1.26. The van der Waals surface area contributed by atoms with Gasteiger partial charge in [0.2, 0.25) is 0 Å². The molecule has 1 atom stereocenters. The van der Waals surface area contributed by atoms with Gasteiger partial charge in [-0.25, -0.2) is 0 Å². The van der Waals surface area contributed by atoms with E-state index in [9.17, 15) is 9.59 Å². The fourth-order valence-electron chi connectivity index (χ4n) is 3.72. The first-order chi connectivity index (χ1) is 17.3. The van der Waals surface area contributed by atoms with Gasteiger partial charge in [-0.2, -0.15) is 0 Å². The summed E-state index contributed by atoms with van der Waals surface area (Å²) < 4.78 is 17.6. The fraction of sp³-hybridized carbons (Fsp3) is 0.320. The Morgan fingerprint density at radius 1 is 1.22 bits per heavy atom. The van der Waals surface area contributed by atoms with Crippen molar-refractivity contribution in [2.24, 2.45) is 0 Å². The van der Waals surface area contributed by atoms with Gasteiger partial charge >= 0.3 is 0 Å². The molecule has 2 aromatic rings. The molecule has 11 heteroatoms. The number of halogens is 2. The highest BCUT2D eigenvalue weighted by atomic mass is 35.5. The predicted molar refractivity (Wildman–Crippen MR) is 147 cm³/mol. The summed E-state index contributed by atoms with van der Waals surface area (Å²) >= 11 is 18.6. The highest BCUT2D eigenvalue weighted by Crippen LogP contribution is 2.35. The number of rotatable bonds is 9. The molecule has 2 aliphatic heterocycles. The Labute approximate surface area is 229 Å². The first kappa shape index (κ1) is 26.8. The summed E-state index contributed by atoms with van der Waals surface area (Å²) in [5.74, 6) is 0.375. The van der Waals surface area contributed by atoms with Crippen LogP contribution in [0.3, 0.4) is 0 Å². The molecule has 190 valence electrons. The van der Waals surface area contributed by atoms with Crippen LogP contribution in [0.1, 0.15) is 25.3 Å². The maximum absolute atomic E-state index is 12.9. The van der Waals surface area contributed by atoms with E-state index >= 15 is 0 Å². The standard InChI is InChI=1S/C25H24Cl2N2O5S2/c1-2-32-21-10-15(11-22-24(31)29(25(35)36-22)13-17-4-3-9-33-17)5-8-20(21)34-14-23(30)28-16-6-7-18(26)19(27)12-16/h5-8,10-12,17H,2-4,9,13-14H2,1H3,(H,28,30)/b22-11-/t17-/m0/s1. The first-order valence-electron chi connectivity index (χ1n) is 11.4. The topological polar surface area (TPSA) is 77.1 Å². The quantitative estimate of drug-likeness (QED) is 0.304. The van der Waals surface area contributed by atoms with Crippen molar-refractivity contribution in [3.8, 4) is 11.5 Å². The lowest BCUT2D eigenvalue weighted by Crippen LogP contribution is -2.35. The molecular formula is C25H24Cl2N2O5S2. The molecule has 0 unspecified atom stereocenters. The minimum absolute atomic E-state index is 0.0294. The summed E-state index contributed by atoms with van der Waals surface area (Å²) in [5, 5.41) is 3.45. The van der Waals surface area contributed by atoms with Crippen LogP contribution in [0.25, 0.3) is 6.08 Å². The molecule has 4 rings (SSSR count). The fourth-order valence-corrected chi connectivity index (χ4v) is 5.29. The van der Waals surface area contributed by atoms with Crippen LogP contribution in [0.4, 0.5) is 5.69 Å². The van der Waals surface area contributed by atoms with Gasteiger partial charge in [0, 0.05) is 12.3 Å². The van der Waals surface area contributed by atoms with Gasteiger partial charge in [-0.3, -0.25) is 14.5 Å². The van der Waals surface area contributed by atoms with Gasteiger partial charge < -0.3 is 19.5 Å². The summed E-state index contributed by atoms with van der Waals surface area (Å²) in [6.07, 6.45) is 3.74. The number of thioether (sulfide) groups is 1. The molecule has 0 bridgehead atoms. The summed E-state index contributed by atoms with van der Waals surface area (Å²) in [7, 11) is 0. The molecule has 7 nitrogen and oxygen atoms in total. The number of thiocarbonyl (C=S) groups is 1. The van der Waals surface area contributed by atoms with Gasteiger partial charge in [-0.15, -0.1) is 0 Å². The monoisotopic (exact) mass is 566 g/mol. The highest BCUT2D eigenvalue weighted by molar-refractivity contribution is 8.26. The molecule has 2 aliphatic rings. The number of hydrogen-bond donors (Lipinski definition) is 1. The van der Waals surface area contributed by atoms with E-state index in [1.807, 2.05) is 6.92 Å². The van der Waals surface area contributed by atoms with Crippen molar-refractivity contribution in [3.63, 3.8) is 0 Å². The van der Waals surface area contributed by atoms with Gasteiger partial charge in [0.15, 0.2) is 18.1 Å². The van der Waals surface area contributed by atoms with E-state index < -0.39 is 0 Å². The van der Waals surface area contributed by atoms with Crippen LogP contribution in [0.2, 0.25) is 10.0 Å². The number of hydrogen-bond acceptors (Lipinski definition) is 7. The first-order valence-corrected chi connectivity index (χ1v) is 13.3.